The lowest BCUT2D eigenvalue weighted by Crippen LogP contribution is -2.34. The van der Waals surface area contributed by atoms with Crippen LogP contribution in [0.25, 0.3) is 0 Å². The Morgan fingerprint density at radius 2 is 1.77 bits per heavy atom. The van der Waals surface area contributed by atoms with Crippen LogP contribution in [0.15, 0.2) is 29.2 Å². The average Bonchev–Trinajstić information content (AvgIpc) is 2.46. The first-order chi connectivity index (χ1) is 9.99. The van der Waals surface area contributed by atoms with Gasteiger partial charge in [0.25, 0.3) is 0 Å². The fraction of sp³-hybridized carbons (Fsp3) is 0.625. The monoisotopic (exact) mass is 346 g/mol. The van der Waals surface area contributed by atoms with Crippen molar-refractivity contribution in [3.05, 3.63) is 29.8 Å². The van der Waals surface area contributed by atoms with E-state index in [2.05, 4.69) is 10.2 Å². The SMILES string of the molecule is CNCCC1CCN(Cc2ccc(S(C)(=O)=O)cc2)CC1.Cl. The minimum absolute atomic E-state index is 0. The zero-order chi connectivity index (χ0) is 15.3. The van der Waals surface area contributed by atoms with E-state index in [9.17, 15) is 8.42 Å². The second kappa shape index (κ2) is 8.87. The summed E-state index contributed by atoms with van der Waals surface area (Å²) in [5.41, 5.74) is 1.19. The summed E-state index contributed by atoms with van der Waals surface area (Å²) in [7, 11) is -1.08. The quantitative estimate of drug-likeness (QED) is 0.859. The average molecular weight is 347 g/mol. The van der Waals surface area contributed by atoms with Crippen molar-refractivity contribution in [3.8, 4) is 0 Å². The molecule has 0 radical (unpaired) electrons. The Kier molecular flexibility index (Phi) is 7.83. The Hall–Kier alpha value is -0.620. The summed E-state index contributed by atoms with van der Waals surface area (Å²) in [5, 5.41) is 3.22. The number of sulfone groups is 1. The standard InChI is InChI=1S/C16H26N2O2S.ClH/c1-17-10-7-14-8-11-18(12-9-14)13-15-3-5-16(6-4-15)21(2,19)20;/h3-6,14,17H,7-13H2,1-2H3;1H. The Morgan fingerprint density at radius 1 is 1.18 bits per heavy atom. The molecule has 0 spiro atoms. The second-order valence-corrected chi connectivity index (χ2v) is 8.04. The van der Waals surface area contributed by atoms with Gasteiger partial charge in [0.05, 0.1) is 4.90 Å². The molecule has 1 saturated heterocycles. The van der Waals surface area contributed by atoms with E-state index in [-0.39, 0.29) is 12.4 Å². The largest absolute Gasteiger partial charge is 0.320 e. The van der Waals surface area contributed by atoms with Crippen LogP contribution in [0, 0.1) is 5.92 Å². The summed E-state index contributed by atoms with van der Waals surface area (Å²) in [5.74, 6) is 0.848. The first-order valence-electron chi connectivity index (χ1n) is 7.65. The van der Waals surface area contributed by atoms with E-state index in [0.717, 1.165) is 32.1 Å². The zero-order valence-corrected chi connectivity index (χ0v) is 15.0. The van der Waals surface area contributed by atoms with Crippen molar-refractivity contribution in [1.82, 2.24) is 10.2 Å². The van der Waals surface area contributed by atoms with Crippen LogP contribution in [0.3, 0.4) is 0 Å². The Morgan fingerprint density at radius 3 is 2.27 bits per heavy atom. The van der Waals surface area contributed by atoms with E-state index in [1.165, 1.54) is 31.1 Å². The molecular formula is C16H27ClN2O2S. The van der Waals surface area contributed by atoms with Gasteiger partial charge in [0, 0.05) is 12.8 Å². The maximum absolute atomic E-state index is 11.4. The van der Waals surface area contributed by atoms with Crippen LogP contribution >= 0.6 is 12.4 Å². The van der Waals surface area contributed by atoms with Gasteiger partial charge in [-0.25, -0.2) is 8.42 Å². The number of likely N-dealkylation sites (tertiary alicyclic amines) is 1. The first kappa shape index (κ1) is 19.4. The van der Waals surface area contributed by atoms with Crippen LogP contribution in [-0.2, 0) is 16.4 Å². The molecule has 0 unspecified atom stereocenters. The summed E-state index contributed by atoms with van der Waals surface area (Å²) in [4.78, 5) is 2.86. The van der Waals surface area contributed by atoms with Gasteiger partial charge in [-0.1, -0.05) is 12.1 Å². The van der Waals surface area contributed by atoms with E-state index in [1.807, 2.05) is 19.2 Å². The van der Waals surface area contributed by atoms with Crippen molar-refractivity contribution in [1.29, 1.82) is 0 Å². The van der Waals surface area contributed by atoms with Gasteiger partial charge in [-0.3, -0.25) is 4.90 Å². The number of benzene rings is 1. The van der Waals surface area contributed by atoms with Gasteiger partial charge in [-0.15, -0.1) is 12.4 Å². The molecule has 126 valence electrons. The molecular weight excluding hydrogens is 320 g/mol. The molecule has 0 amide bonds. The predicted molar refractivity (Wildman–Crippen MR) is 93.3 cm³/mol. The van der Waals surface area contributed by atoms with E-state index in [0.29, 0.717) is 4.90 Å². The van der Waals surface area contributed by atoms with Gasteiger partial charge in [-0.2, -0.15) is 0 Å². The van der Waals surface area contributed by atoms with Crippen molar-refractivity contribution < 1.29 is 8.42 Å². The lowest BCUT2D eigenvalue weighted by atomic mass is 9.93. The van der Waals surface area contributed by atoms with Crippen LogP contribution in [-0.4, -0.2) is 46.3 Å². The molecule has 1 aromatic carbocycles. The highest BCUT2D eigenvalue weighted by molar-refractivity contribution is 7.90. The number of piperidine rings is 1. The van der Waals surface area contributed by atoms with Gasteiger partial charge < -0.3 is 5.32 Å². The number of hydrogen-bond donors (Lipinski definition) is 1. The zero-order valence-electron chi connectivity index (χ0n) is 13.4. The van der Waals surface area contributed by atoms with E-state index >= 15 is 0 Å². The van der Waals surface area contributed by atoms with Crippen molar-refractivity contribution >= 4 is 22.2 Å². The van der Waals surface area contributed by atoms with Crippen LogP contribution in [0.5, 0.6) is 0 Å². The van der Waals surface area contributed by atoms with Gasteiger partial charge in [0.15, 0.2) is 9.84 Å². The normalized spacial score (nSPS) is 17.2. The smallest absolute Gasteiger partial charge is 0.175 e. The van der Waals surface area contributed by atoms with Crippen LogP contribution in [0.4, 0.5) is 0 Å². The highest BCUT2D eigenvalue weighted by Crippen LogP contribution is 2.21. The van der Waals surface area contributed by atoms with Crippen molar-refractivity contribution in [2.45, 2.75) is 30.7 Å². The fourth-order valence-electron chi connectivity index (χ4n) is 2.88. The summed E-state index contributed by atoms with van der Waals surface area (Å²) in [6.45, 7) is 4.31. The minimum Gasteiger partial charge on any atom is -0.320 e. The second-order valence-electron chi connectivity index (χ2n) is 6.03. The Bertz CT molecular complexity index is 538. The molecule has 1 aromatic rings. The molecule has 0 bridgehead atoms. The van der Waals surface area contributed by atoms with Gasteiger partial charge in [0.1, 0.15) is 0 Å². The molecule has 1 N–H and O–H groups in total. The summed E-state index contributed by atoms with van der Waals surface area (Å²) in [6.07, 6.45) is 5.05. The molecule has 1 aliphatic heterocycles. The molecule has 1 heterocycles. The van der Waals surface area contributed by atoms with E-state index in [4.69, 9.17) is 0 Å². The molecule has 6 heteroatoms. The molecule has 4 nitrogen and oxygen atoms in total. The molecule has 2 rings (SSSR count). The third-order valence-electron chi connectivity index (χ3n) is 4.27. The maximum atomic E-state index is 11.4. The molecule has 1 fully saturated rings. The molecule has 22 heavy (non-hydrogen) atoms. The molecule has 0 atom stereocenters. The Balaban J connectivity index is 0.00000242. The minimum atomic E-state index is -3.09. The van der Waals surface area contributed by atoms with Gasteiger partial charge >= 0.3 is 0 Å². The van der Waals surface area contributed by atoms with Crippen molar-refractivity contribution in [3.63, 3.8) is 0 Å². The highest BCUT2D eigenvalue weighted by Gasteiger charge is 2.18. The number of rotatable bonds is 6. The molecule has 1 aliphatic rings. The summed E-state index contributed by atoms with van der Waals surface area (Å²) < 4.78 is 22.9. The van der Waals surface area contributed by atoms with E-state index < -0.39 is 9.84 Å². The molecule has 0 aromatic heterocycles. The molecule has 0 saturated carbocycles. The summed E-state index contributed by atoms with van der Waals surface area (Å²) >= 11 is 0. The van der Waals surface area contributed by atoms with Crippen LogP contribution < -0.4 is 5.32 Å². The number of nitrogens with one attached hydrogen (secondary N) is 1. The first-order valence-corrected chi connectivity index (χ1v) is 9.54. The predicted octanol–water partition coefficient (Wildman–Crippen LogP) is 2.33. The fourth-order valence-corrected chi connectivity index (χ4v) is 3.51. The number of halogens is 1. The lowest BCUT2D eigenvalue weighted by molar-refractivity contribution is 0.172. The van der Waals surface area contributed by atoms with Gasteiger partial charge in [-0.05, 0) is 69.6 Å². The van der Waals surface area contributed by atoms with Crippen LogP contribution in [0.1, 0.15) is 24.8 Å². The van der Waals surface area contributed by atoms with Gasteiger partial charge in [0.2, 0.25) is 0 Å². The topological polar surface area (TPSA) is 49.4 Å². The third kappa shape index (κ3) is 5.88. The van der Waals surface area contributed by atoms with Crippen molar-refractivity contribution in [2.24, 2.45) is 5.92 Å². The highest BCUT2D eigenvalue weighted by atomic mass is 35.5. The van der Waals surface area contributed by atoms with E-state index in [1.54, 1.807) is 12.1 Å². The Labute approximate surface area is 140 Å². The van der Waals surface area contributed by atoms with Crippen molar-refractivity contribution in [2.75, 3.05) is 32.9 Å². The lowest BCUT2D eigenvalue weighted by Gasteiger charge is -2.32. The summed E-state index contributed by atoms with van der Waals surface area (Å²) in [6, 6.07) is 7.29. The maximum Gasteiger partial charge on any atom is 0.175 e. The molecule has 0 aliphatic carbocycles. The number of nitrogens with zero attached hydrogens (tertiary/aromatic N) is 1. The van der Waals surface area contributed by atoms with Crippen LogP contribution in [0.2, 0.25) is 0 Å². The number of hydrogen-bond acceptors (Lipinski definition) is 4. The third-order valence-corrected chi connectivity index (χ3v) is 5.40.